The van der Waals surface area contributed by atoms with Gasteiger partial charge in [0.15, 0.2) is 17.3 Å². The van der Waals surface area contributed by atoms with Crippen molar-refractivity contribution in [1.82, 2.24) is 4.90 Å². The molecular weight excluding hydrogens is 322 g/mol. The summed E-state index contributed by atoms with van der Waals surface area (Å²) in [4.78, 5) is 15.6. The van der Waals surface area contributed by atoms with Crippen molar-refractivity contribution >= 4 is 5.78 Å². The van der Waals surface area contributed by atoms with E-state index in [4.69, 9.17) is 18.9 Å². The second kappa shape index (κ2) is 5.22. The molecule has 0 unspecified atom stereocenters. The molecule has 0 saturated carbocycles. The molecule has 3 atom stereocenters. The SMILES string of the molecule is COC1=C[C@]23CCCN2C[C@@H](OC)c2cc4c(cc2[C@@H]3C1=O)OCO4. The number of ether oxygens (including phenoxy) is 4. The van der Waals surface area contributed by atoms with E-state index in [1.807, 2.05) is 18.2 Å². The average Bonchev–Trinajstić information content (AvgIpc) is 3.28. The molecule has 0 aromatic heterocycles. The molecule has 1 aromatic carbocycles. The molecule has 6 heteroatoms. The summed E-state index contributed by atoms with van der Waals surface area (Å²) in [5, 5.41) is 0. The summed E-state index contributed by atoms with van der Waals surface area (Å²) in [6.07, 6.45) is 3.95. The Kier molecular flexibility index (Phi) is 3.18. The Morgan fingerprint density at radius 2 is 1.96 bits per heavy atom. The van der Waals surface area contributed by atoms with Gasteiger partial charge >= 0.3 is 0 Å². The van der Waals surface area contributed by atoms with E-state index in [1.165, 1.54) is 0 Å². The number of nitrogens with zero attached hydrogens (tertiary/aromatic N) is 1. The number of fused-ring (bicyclic) bond motifs is 3. The van der Waals surface area contributed by atoms with E-state index < -0.39 is 0 Å². The van der Waals surface area contributed by atoms with Gasteiger partial charge in [-0.15, -0.1) is 0 Å². The van der Waals surface area contributed by atoms with Gasteiger partial charge in [0.25, 0.3) is 0 Å². The van der Waals surface area contributed by atoms with Gasteiger partial charge in [-0.05, 0) is 48.7 Å². The Bertz CT molecular complexity index is 788. The third-order valence-electron chi connectivity index (χ3n) is 6.11. The molecule has 25 heavy (non-hydrogen) atoms. The van der Waals surface area contributed by atoms with E-state index in [-0.39, 0.29) is 30.1 Å². The molecule has 0 N–H and O–H groups in total. The second-order valence-corrected chi connectivity index (χ2v) is 7.11. The molecule has 6 nitrogen and oxygen atoms in total. The zero-order chi connectivity index (χ0) is 17.2. The minimum Gasteiger partial charge on any atom is -0.493 e. The molecule has 0 bridgehead atoms. The highest BCUT2D eigenvalue weighted by Gasteiger charge is 2.57. The molecule has 1 aromatic rings. The molecule has 0 radical (unpaired) electrons. The van der Waals surface area contributed by atoms with Crippen molar-refractivity contribution in [3.63, 3.8) is 0 Å². The van der Waals surface area contributed by atoms with E-state index >= 15 is 0 Å². The normalized spacial score (nSPS) is 32.7. The summed E-state index contributed by atoms with van der Waals surface area (Å²) < 4.78 is 22.4. The van der Waals surface area contributed by atoms with Gasteiger partial charge in [0.2, 0.25) is 12.6 Å². The van der Waals surface area contributed by atoms with Gasteiger partial charge in [-0.1, -0.05) is 0 Å². The largest absolute Gasteiger partial charge is 0.493 e. The molecular formula is C19H21NO5. The fourth-order valence-electron chi connectivity index (χ4n) is 4.99. The fraction of sp³-hybridized carbons (Fsp3) is 0.526. The van der Waals surface area contributed by atoms with Crippen LogP contribution in [0.4, 0.5) is 0 Å². The lowest BCUT2D eigenvalue weighted by atomic mass is 9.78. The van der Waals surface area contributed by atoms with Gasteiger partial charge in [-0.3, -0.25) is 9.69 Å². The smallest absolute Gasteiger partial charge is 0.231 e. The van der Waals surface area contributed by atoms with E-state index in [0.717, 1.165) is 42.8 Å². The first-order chi connectivity index (χ1) is 12.2. The van der Waals surface area contributed by atoms with Crippen LogP contribution >= 0.6 is 0 Å². The zero-order valence-corrected chi connectivity index (χ0v) is 14.4. The van der Waals surface area contributed by atoms with Crippen molar-refractivity contribution in [2.75, 3.05) is 34.1 Å². The number of carbonyl (C=O) groups is 1. The summed E-state index contributed by atoms with van der Waals surface area (Å²) in [7, 11) is 3.30. The van der Waals surface area contributed by atoms with Crippen molar-refractivity contribution in [2.45, 2.75) is 30.4 Å². The van der Waals surface area contributed by atoms with Gasteiger partial charge in [-0.25, -0.2) is 0 Å². The van der Waals surface area contributed by atoms with Crippen molar-refractivity contribution in [3.05, 3.63) is 35.1 Å². The number of hydrogen-bond acceptors (Lipinski definition) is 6. The molecule has 1 fully saturated rings. The van der Waals surface area contributed by atoms with Crippen LogP contribution in [0.5, 0.6) is 11.5 Å². The monoisotopic (exact) mass is 343 g/mol. The van der Waals surface area contributed by atoms with E-state index in [0.29, 0.717) is 11.5 Å². The van der Waals surface area contributed by atoms with Crippen LogP contribution in [-0.4, -0.2) is 50.3 Å². The van der Waals surface area contributed by atoms with Crippen molar-refractivity contribution in [2.24, 2.45) is 0 Å². The highest BCUT2D eigenvalue weighted by molar-refractivity contribution is 6.04. The first-order valence-electron chi connectivity index (χ1n) is 8.70. The number of allylic oxidation sites excluding steroid dienone is 1. The van der Waals surface area contributed by atoms with Crippen molar-refractivity contribution < 1.29 is 23.7 Å². The van der Waals surface area contributed by atoms with Gasteiger partial charge in [0.05, 0.1) is 24.7 Å². The predicted molar refractivity (Wildman–Crippen MR) is 88.7 cm³/mol. The Balaban J connectivity index is 1.75. The number of benzene rings is 1. The standard InChI is InChI=1S/C19H21NO5/c1-22-15-8-19-4-3-5-20(19)9-16(23-2)11-6-13-14(25-10-24-13)7-12(11)17(19)18(15)21/h6-8,16-17H,3-5,9-10H2,1-2H3/t16-,17-,19+/m1/s1. The van der Waals surface area contributed by atoms with Crippen LogP contribution in [0.2, 0.25) is 0 Å². The maximum Gasteiger partial charge on any atom is 0.231 e. The predicted octanol–water partition coefficient (Wildman–Crippen LogP) is 2.15. The lowest BCUT2D eigenvalue weighted by Crippen LogP contribution is -2.46. The minimum absolute atomic E-state index is 0.0475. The van der Waals surface area contributed by atoms with Gasteiger partial charge in [0, 0.05) is 13.7 Å². The van der Waals surface area contributed by atoms with Crippen molar-refractivity contribution in [1.29, 1.82) is 0 Å². The lowest BCUT2D eigenvalue weighted by Gasteiger charge is -2.36. The molecule has 132 valence electrons. The fourth-order valence-corrected chi connectivity index (χ4v) is 4.99. The molecule has 3 heterocycles. The number of ketones is 1. The number of hydrogen-bond donors (Lipinski definition) is 0. The van der Waals surface area contributed by atoms with Crippen LogP contribution in [0, 0.1) is 0 Å². The van der Waals surface area contributed by atoms with Crippen LogP contribution in [0.3, 0.4) is 0 Å². The topological polar surface area (TPSA) is 57.2 Å². The Morgan fingerprint density at radius 3 is 2.68 bits per heavy atom. The van der Waals surface area contributed by atoms with Gasteiger partial charge in [0.1, 0.15) is 0 Å². The molecule has 1 aliphatic carbocycles. The summed E-state index contributed by atoms with van der Waals surface area (Å²) in [6.45, 7) is 1.92. The number of rotatable bonds is 2. The number of carbonyl (C=O) groups excluding carboxylic acids is 1. The number of methoxy groups -OCH3 is 2. The summed E-state index contributed by atoms with van der Waals surface area (Å²) in [5.41, 5.74) is 1.68. The van der Waals surface area contributed by atoms with Gasteiger partial charge in [-0.2, -0.15) is 0 Å². The molecule has 1 spiro atoms. The van der Waals surface area contributed by atoms with E-state index in [2.05, 4.69) is 4.90 Å². The zero-order valence-electron chi connectivity index (χ0n) is 14.4. The Morgan fingerprint density at radius 1 is 1.20 bits per heavy atom. The lowest BCUT2D eigenvalue weighted by molar-refractivity contribution is -0.120. The number of Topliss-reactive ketones (excluding diaryl/α,β-unsaturated/α-hetero) is 1. The third kappa shape index (κ3) is 1.89. The van der Waals surface area contributed by atoms with Crippen LogP contribution < -0.4 is 9.47 Å². The van der Waals surface area contributed by atoms with E-state index in [1.54, 1.807) is 14.2 Å². The van der Waals surface area contributed by atoms with Crippen molar-refractivity contribution in [3.8, 4) is 11.5 Å². The maximum atomic E-state index is 13.2. The third-order valence-corrected chi connectivity index (χ3v) is 6.11. The molecule has 0 amide bonds. The highest BCUT2D eigenvalue weighted by atomic mass is 16.7. The highest BCUT2D eigenvalue weighted by Crippen LogP contribution is 2.54. The average molecular weight is 343 g/mol. The molecule has 4 aliphatic rings. The van der Waals surface area contributed by atoms with Crippen LogP contribution in [0.15, 0.2) is 24.0 Å². The van der Waals surface area contributed by atoms with E-state index in [9.17, 15) is 4.79 Å². The second-order valence-electron chi connectivity index (χ2n) is 7.11. The summed E-state index contributed by atoms with van der Waals surface area (Å²) >= 11 is 0. The quantitative estimate of drug-likeness (QED) is 0.820. The first kappa shape index (κ1) is 15.2. The Hall–Kier alpha value is -2.05. The maximum absolute atomic E-state index is 13.2. The molecule has 1 saturated heterocycles. The molecule has 3 aliphatic heterocycles. The summed E-state index contributed by atoms with van der Waals surface area (Å²) in [6, 6.07) is 3.96. The van der Waals surface area contributed by atoms with Gasteiger partial charge < -0.3 is 18.9 Å². The Labute approximate surface area is 146 Å². The van der Waals surface area contributed by atoms with Crippen LogP contribution in [-0.2, 0) is 14.3 Å². The first-order valence-corrected chi connectivity index (χ1v) is 8.70. The molecule has 5 rings (SSSR count). The minimum atomic E-state index is -0.321. The summed E-state index contributed by atoms with van der Waals surface area (Å²) in [5.74, 6) is 1.66. The van der Waals surface area contributed by atoms with Crippen LogP contribution in [0.1, 0.15) is 36.0 Å². The van der Waals surface area contributed by atoms with Crippen LogP contribution in [0.25, 0.3) is 0 Å².